The van der Waals surface area contributed by atoms with E-state index in [1.54, 1.807) is 10.8 Å². The van der Waals surface area contributed by atoms with Crippen LogP contribution in [0.15, 0.2) is 47.9 Å². The highest BCUT2D eigenvalue weighted by Crippen LogP contribution is 2.19. The lowest BCUT2D eigenvalue weighted by Crippen LogP contribution is -2.39. The molecule has 0 radical (unpaired) electrons. The number of aryl methyl sites for hydroxylation is 2. The summed E-state index contributed by atoms with van der Waals surface area (Å²) in [5.74, 6) is 0. The molecule has 0 aliphatic carbocycles. The summed E-state index contributed by atoms with van der Waals surface area (Å²) in [6, 6.07) is 7.28. The first kappa shape index (κ1) is 16.6. The van der Waals surface area contributed by atoms with Gasteiger partial charge in [0.2, 0.25) is 0 Å². The molecule has 0 saturated heterocycles. The van der Waals surface area contributed by atoms with Crippen LogP contribution in [0.3, 0.4) is 0 Å². The Kier molecular flexibility index (Phi) is 5.26. The molecule has 2 heterocycles. The molecule has 0 aliphatic heterocycles. The zero-order valence-electron chi connectivity index (χ0n) is 12.9. The van der Waals surface area contributed by atoms with Crippen LogP contribution in [-0.4, -0.2) is 13.0 Å². The van der Waals surface area contributed by atoms with E-state index in [4.69, 9.17) is 0 Å². The molecule has 2 rings (SSSR count). The Labute approximate surface area is 131 Å². The smallest absolute Gasteiger partial charge is 0.277 e. The first-order valence-electron chi connectivity index (χ1n) is 7.46. The van der Waals surface area contributed by atoms with Gasteiger partial charge in [0.05, 0.1) is 0 Å². The summed E-state index contributed by atoms with van der Waals surface area (Å²) in [6.07, 6.45) is 7.49. The van der Waals surface area contributed by atoms with Crippen molar-refractivity contribution in [3.8, 4) is 11.1 Å². The minimum absolute atomic E-state index is 0.0721. The number of aromatic nitrogens is 2. The molecule has 0 aromatic carbocycles. The number of pyridine rings is 2. The second-order valence-electron chi connectivity index (χ2n) is 5.25. The summed E-state index contributed by atoms with van der Waals surface area (Å²) in [7, 11) is -4.25. The molecular formula is C16H22N2O3S+2. The van der Waals surface area contributed by atoms with Crippen molar-refractivity contribution in [1.82, 2.24) is 0 Å². The molecule has 22 heavy (non-hydrogen) atoms. The average molecular weight is 322 g/mol. The lowest BCUT2D eigenvalue weighted by Gasteiger charge is -2.04. The molecule has 0 spiro atoms. The summed E-state index contributed by atoms with van der Waals surface area (Å²) in [4.78, 5) is 0. The third-order valence-corrected chi connectivity index (χ3v) is 4.31. The number of hydrogen-bond acceptors (Lipinski definition) is 2. The maximum Gasteiger partial charge on any atom is 0.355 e. The summed E-state index contributed by atoms with van der Waals surface area (Å²) < 4.78 is 36.2. The average Bonchev–Trinajstić information content (AvgIpc) is 2.48. The minimum Gasteiger partial charge on any atom is -0.277 e. The van der Waals surface area contributed by atoms with E-state index in [1.807, 2.05) is 37.5 Å². The van der Waals surface area contributed by atoms with E-state index >= 15 is 0 Å². The van der Waals surface area contributed by atoms with Crippen LogP contribution in [0.25, 0.3) is 11.1 Å². The Balaban J connectivity index is 2.44. The molecule has 0 atom stereocenters. The zero-order valence-corrected chi connectivity index (χ0v) is 13.8. The first-order chi connectivity index (χ1) is 10.5. The van der Waals surface area contributed by atoms with Gasteiger partial charge in [0.15, 0.2) is 18.6 Å². The van der Waals surface area contributed by atoms with Crippen molar-refractivity contribution in [1.29, 1.82) is 0 Å². The molecular weight excluding hydrogens is 300 g/mol. The topological polar surface area (TPSA) is 62.1 Å². The van der Waals surface area contributed by atoms with Crippen molar-refractivity contribution in [2.24, 2.45) is 0 Å². The number of rotatable bonds is 6. The van der Waals surface area contributed by atoms with Crippen molar-refractivity contribution in [2.45, 2.75) is 44.8 Å². The van der Waals surface area contributed by atoms with E-state index in [1.165, 1.54) is 6.07 Å². The van der Waals surface area contributed by atoms with Crippen LogP contribution < -0.4 is 9.13 Å². The molecule has 5 nitrogen and oxygen atoms in total. The van der Waals surface area contributed by atoms with Crippen LogP contribution in [-0.2, 0) is 23.2 Å². The molecule has 0 aliphatic rings. The Morgan fingerprint density at radius 3 is 2.09 bits per heavy atom. The predicted octanol–water partition coefficient (Wildman–Crippen LogP) is 2.00. The van der Waals surface area contributed by atoms with Crippen molar-refractivity contribution in [3.63, 3.8) is 0 Å². The van der Waals surface area contributed by atoms with Gasteiger partial charge in [-0.3, -0.25) is 4.55 Å². The summed E-state index contributed by atoms with van der Waals surface area (Å²) in [5, 5.41) is -0.0721. The van der Waals surface area contributed by atoms with Gasteiger partial charge in [-0.05, 0) is 11.1 Å². The maximum absolute atomic E-state index is 11.6. The van der Waals surface area contributed by atoms with E-state index in [-0.39, 0.29) is 5.03 Å². The van der Waals surface area contributed by atoms with Gasteiger partial charge in [-0.15, -0.1) is 0 Å². The summed E-state index contributed by atoms with van der Waals surface area (Å²) in [6.45, 7) is 5.56. The lowest BCUT2D eigenvalue weighted by molar-refractivity contribution is -0.733. The Hall–Kier alpha value is -1.79. The highest BCUT2D eigenvalue weighted by atomic mass is 32.2. The van der Waals surface area contributed by atoms with Crippen molar-refractivity contribution in [2.75, 3.05) is 0 Å². The van der Waals surface area contributed by atoms with Gasteiger partial charge >= 0.3 is 15.1 Å². The van der Waals surface area contributed by atoms with Crippen molar-refractivity contribution in [3.05, 3.63) is 42.9 Å². The Bertz CT molecular complexity index is 740. The van der Waals surface area contributed by atoms with Gasteiger partial charge in [-0.1, -0.05) is 13.8 Å². The minimum atomic E-state index is -4.25. The Morgan fingerprint density at radius 2 is 1.55 bits per heavy atom. The first-order valence-corrected chi connectivity index (χ1v) is 8.90. The number of nitrogens with zero attached hydrogens (tertiary/aromatic N) is 2. The Morgan fingerprint density at radius 1 is 0.955 bits per heavy atom. The standard InChI is InChI=1S/C16H21N2O3S/c1-3-8-17-10-5-14(6-11-17)15-7-12-18(9-4-2)16(13-15)22(19,20)21/h5-7,10-13H,3-4,8-9H2,1-2H3/q+1/p+1. The quantitative estimate of drug-likeness (QED) is 0.653. The van der Waals surface area contributed by atoms with Gasteiger partial charge in [-0.2, -0.15) is 13.0 Å². The van der Waals surface area contributed by atoms with E-state index in [0.29, 0.717) is 6.54 Å². The molecule has 0 unspecified atom stereocenters. The summed E-state index contributed by atoms with van der Waals surface area (Å²) in [5.41, 5.74) is 1.68. The molecule has 1 N–H and O–H groups in total. The fourth-order valence-electron chi connectivity index (χ4n) is 2.39. The molecule has 2 aromatic rings. The van der Waals surface area contributed by atoms with Crippen molar-refractivity contribution >= 4 is 10.1 Å². The van der Waals surface area contributed by atoms with Crippen LogP contribution in [0.4, 0.5) is 0 Å². The van der Waals surface area contributed by atoms with E-state index in [0.717, 1.165) is 30.5 Å². The monoisotopic (exact) mass is 322 g/mol. The van der Waals surface area contributed by atoms with Gasteiger partial charge in [0.1, 0.15) is 13.1 Å². The van der Waals surface area contributed by atoms with Crippen LogP contribution in [0, 0.1) is 0 Å². The fourth-order valence-corrected chi connectivity index (χ4v) is 3.12. The van der Waals surface area contributed by atoms with Crippen molar-refractivity contribution < 1.29 is 22.1 Å². The fraction of sp³-hybridized carbons (Fsp3) is 0.375. The third kappa shape index (κ3) is 3.90. The second-order valence-corrected chi connectivity index (χ2v) is 6.62. The summed E-state index contributed by atoms with van der Waals surface area (Å²) >= 11 is 0. The SMILES string of the molecule is CCC[n+]1ccc(-c2cc[n+](CCC)c(S(=O)(=O)O)c2)cc1. The van der Waals surface area contributed by atoms with E-state index < -0.39 is 10.1 Å². The molecule has 2 aromatic heterocycles. The largest absolute Gasteiger partial charge is 0.355 e. The third-order valence-electron chi connectivity index (χ3n) is 3.43. The van der Waals surface area contributed by atoms with Crippen LogP contribution in [0.2, 0.25) is 0 Å². The lowest BCUT2D eigenvalue weighted by atomic mass is 10.1. The molecule has 118 valence electrons. The molecule has 0 bridgehead atoms. The van der Waals surface area contributed by atoms with Crippen LogP contribution >= 0.6 is 0 Å². The normalized spacial score (nSPS) is 11.6. The highest BCUT2D eigenvalue weighted by Gasteiger charge is 2.24. The van der Waals surface area contributed by atoms with Gasteiger partial charge in [0, 0.05) is 37.1 Å². The molecule has 0 saturated carbocycles. The van der Waals surface area contributed by atoms with Crippen LogP contribution in [0.5, 0.6) is 0 Å². The van der Waals surface area contributed by atoms with Gasteiger partial charge in [-0.25, -0.2) is 4.57 Å². The highest BCUT2D eigenvalue weighted by molar-refractivity contribution is 7.85. The van der Waals surface area contributed by atoms with E-state index in [9.17, 15) is 13.0 Å². The number of hydrogen-bond donors (Lipinski definition) is 1. The second kappa shape index (κ2) is 6.98. The van der Waals surface area contributed by atoms with Gasteiger partial charge < -0.3 is 0 Å². The maximum atomic E-state index is 11.6. The molecule has 0 amide bonds. The predicted molar refractivity (Wildman–Crippen MR) is 82.7 cm³/mol. The molecule has 0 fully saturated rings. The molecule has 6 heteroatoms. The zero-order chi connectivity index (χ0) is 16.2. The van der Waals surface area contributed by atoms with Gasteiger partial charge in [0.25, 0.3) is 0 Å². The van der Waals surface area contributed by atoms with E-state index in [2.05, 4.69) is 11.5 Å². The van der Waals surface area contributed by atoms with Crippen LogP contribution in [0.1, 0.15) is 26.7 Å².